The van der Waals surface area contributed by atoms with Crippen LogP contribution < -0.4 is 10.6 Å². The Morgan fingerprint density at radius 3 is 2.36 bits per heavy atom. The highest BCUT2D eigenvalue weighted by Crippen LogP contribution is 2.22. The van der Waals surface area contributed by atoms with Gasteiger partial charge in [0.05, 0.1) is 6.54 Å². The van der Waals surface area contributed by atoms with E-state index in [1.54, 1.807) is 24.3 Å². The van der Waals surface area contributed by atoms with E-state index in [4.69, 9.17) is 0 Å². The Kier molecular flexibility index (Phi) is 5.24. The van der Waals surface area contributed by atoms with Crippen molar-refractivity contribution < 1.29 is 9.59 Å². The molecule has 4 rings (SSSR count). The zero-order valence-electron chi connectivity index (χ0n) is 15.7. The average molecular weight is 373 g/mol. The van der Waals surface area contributed by atoms with Gasteiger partial charge >= 0.3 is 0 Å². The van der Waals surface area contributed by atoms with Gasteiger partial charge in [-0.15, -0.1) is 0 Å². The third kappa shape index (κ3) is 3.98. The highest BCUT2D eigenvalue weighted by atomic mass is 16.2. The second-order valence-corrected chi connectivity index (χ2v) is 7.01. The lowest BCUT2D eigenvalue weighted by molar-refractivity contribution is -0.114. The number of nitrogens with zero attached hydrogens (tertiary/aromatic N) is 1. The molecule has 1 aliphatic heterocycles. The number of anilines is 2. The number of carbonyl (C=O) groups excluding carboxylic acids is 2. The first-order valence-corrected chi connectivity index (χ1v) is 9.61. The van der Waals surface area contributed by atoms with Crippen molar-refractivity contribution in [2.45, 2.75) is 12.8 Å². The van der Waals surface area contributed by atoms with Crippen LogP contribution in [0.3, 0.4) is 0 Å². The fourth-order valence-electron chi connectivity index (χ4n) is 3.56. The van der Waals surface area contributed by atoms with Gasteiger partial charge in [0.25, 0.3) is 5.91 Å². The number of carbonyl (C=O) groups is 2. The van der Waals surface area contributed by atoms with Crippen molar-refractivity contribution in [3.8, 4) is 0 Å². The van der Waals surface area contributed by atoms with E-state index in [0.717, 1.165) is 42.4 Å². The summed E-state index contributed by atoms with van der Waals surface area (Å²) in [6.45, 7) is 1.83. The van der Waals surface area contributed by atoms with Crippen molar-refractivity contribution in [3.63, 3.8) is 0 Å². The maximum Gasteiger partial charge on any atom is 0.253 e. The number of hydrogen-bond acceptors (Lipinski definition) is 3. The Balaban J connectivity index is 1.35. The van der Waals surface area contributed by atoms with E-state index in [-0.39, 0.29) is 18.4 Å². The molecule has 2 amide bonds. The predicted molar refractivity (Wildman–Crippen MR) is 113 cm³/mol. The molecule has 142 valence electrons. The number of hydrogen-bond donors (Lipinski definition) is 2. The van der Waals surface area contributed by atoms with Crippen LogP contribution in [0.2, 0.25) is 0 Å². The van der Waals surface area contributed by atoms with Gasteiger partial charge in [0.1, 0.15) is 0 Å². The topological polar surface area (TPSA) is 61.4 Å². The first kappa shape index (κ1) is 18.0. The Morgan fingerprint density at radius 1 is 0.857 bits per heavy atom. The maximum atomic E-state index is 12.4. The summed E-state index contributed by atoms with van der Waals surface area (Å²) in [5.41, 5.74) is 2.27. The molecular weight excluding hydrogens is 350 g/mol. The molecule has 28 heavy (non-hydrogen) atoms. The highest BCUT2D eigenvalue weighted by molar-refractivity contribution is 5.99. The molecule has 5 heteroatoms. The summed E-state index contributed by atoms with van der Waals surface area (Å²) in [5.74, 6) is -0.0699. The Morgan fingerprint density at radius 2 is 1.57 bits per heavy atom. The molecule has 5 nitrogen and oxygen atoms in total. The predicted octanol–water partition coefficient (Wildman–Crippen LogP) is 4.13. The van der Waals surface area contributed by atoms with Crippen LogP contribution in [-0.4, -0.2) is 36.3 Å². The quantitative estimate of drug-likeness (QED) is 0.707. The zero-order chi connectivity index (χ0) is 19.3. The summed E-state index contributed by atoms with van der Waals surface area (Å²) in [6, 6.07) is 21.1. The number of amides is 2. The second-order valence-electron chi connectivity index (χ2n) is 7.01. The molecule has 0 bridgehead atoms. The van der Waals surface area contributed by atoms with Crippen LogP contribution in [0.5, 0.6) is 0 Å². The van der Waals surface area contributed by atoms with Crippen LogP contribution in [0, 0.1) is 0 Å². The van der Waals surface area contributed by atoms with E-state index in [0.29, 0.717) is 11.3 Å². The molecule has 3 aromatic carbocycles. The number of rotatable bonds is 5. The van der Waals surface area contributed by atoms with Gasteiger partial charge in [-0.1, -0.05) is 36.4 Å². The summed E-state index contributed by atoms with van der Waals surface area (Å²) in [4.78, 5) is 26.6. The van der Waals surface area contributed by atoms with Gasteiger partial charge in [-0.3, -0.25) is 9.59 Å². The van der Waals surface area contributed by atoms with Crippen molar-refractivity contribution in [1.29, 1.82) is 0 Å². The van der Waals surface area contributed by atoms with Gasteiger partial charge in [0, 0.05) is 35.4 Å². The third-order valence-electron chi connectivity index (χ3n) is 5.04. The van der Waals surface area contributed by atoms with E-state index < -0.39 is 0 Å². The molecule has 1 aliphatic rings. The van der Waals surface area contributed by atoms with Gasteiger partial charge in [-0.25, -0.2) is 0 Å². The minimum atomic E-state index is -0.133. The first-order valence-electron chi connectivity index (χ1n) is 9.61. The second kappa shape index (κ2) is 8.13. The van der Waals surface area contributed by atoms with Gasteiger partial charge in [-0.2, -0.15) is 0 Å². The molecule has 0 aliphatic carbocycles. The molecule has 0 radical (unpaired) electrons. The lowest BCUT2D eigenvalue weighted by atomic mass is 10.1. The van der Waals surface area contributed by atoms with Crippen LogP contribution >= 0.6 is 0 Å². The SMILES string of the molecule is O=C(CNc1cccc2ccccc12)Nc1ccc(C(=O)N2CCCC2)cc1. The molecule has 1 heterocycles. The van der Waals surface area contributed by atoms with E-state index in [1.807, 2.05) is 47.4 Å². The minimum Gasteiger partial charge on any atom is -0.376 e. The van der Waals surface area contributed by atoms with Crippen molar-refractivity contribution in [1.82, 2.24) is 4.90 Å². The smallest absolute Gasteiger partial charge is 0.253 e. The summed E-state index contributed by atoms with van der Waals surface area (Å²) >= 11 is 0. The third-order valence-corrected chi connectivity index (χ3v) is 5.04. The average Bonchev–Trinajstić information content (AvgIpc) is 3.27. The van der Waals surface area contributed by atoms with E-state index >= 15 is 0 Å². The first-order chi connectivity index (χ1) is 13.7. The Hall–Kier alpha value is -3.34. The van der Waals surface area contributed by atoms with Crippen LogP contribution in [0.4, 0.5) is 11.4 Å². The fraction of sp³-hybridized carbons (Fsp3) is 0.217. The number of likely N-dealkylation sites (tertiary alicyclic amines) is 1. The molecule has 1 fully saturated rings. The number of nitrogens with one attached hydrogen (secondary N) is 2. The van der Waals surface area contributed by atoms with Crippen LogP contribution in [-0.2, 0) is 4.79 Å². The van der Waals surface area contributed by atoms with Gasteiger partial charge in [0.2, 0.25) is 5.91 Å². The summed E-state index contributed by atoms with van der Waals surface area (Å²) in [5, 5.41) is 8.29. The normalized spacial score (nSPS) is 13.5. The van der Waals surface area contributed by atoms with Gasteiger partial charge in [0.15, 0.2) is 0 Å². The van der Waals surface area contributed by atoms with Crippen molar-refractivity contribution in [2.75, 3.05) is 30.3 Å². The molecule has 0 aromatic heterocycles. The fourth-order valence-corrected chi connectivity index (χ4v) is 3.56. The number of benzene rings is 3. The number of fused-ring (bicyclic) bond motifs is 1. The highest BCUT2D eigenvalue weighted by Gasteiger charge is 2.19. The Labute approximate surface area is 164 Å². The van der Waals surface area contributed by atoms with Crippen molar-refractivity contribution in [2.24, 2.45) is 0 Å². The summed E-state index contributed by atoms with van der Waals surface area (Å²) in [7, 11) is 0. The van der Waals surface area contributed by atoms with Gasteiger partial charge < -0.3 is 15.5 Å². The summed E-state index contributed by atoms with van der Waals surface area (Å²) < 4.78 is 0. The maximum absolute atomic E-state index is 12.4. The lowest BCUT2D eigenvalue weighted by Gasteiger charge is -2.15. The lowest BCUT2D eigenvalue weighted by Crippen LogP contribution is -2.27. The molecule has 2 N–H and O–H groups in total. The van der Waals surface area contributed by atoms with Crippen LogP contribution in [0.25, 0.3) is 10.8 Å². The van der Waals surface area contributed by atoms with Gasteiger partial charge in [-0.05, 0) is 48.6 Å². The molecule has 0 spiro atoms. The van der Waals surface area contributed by atoms with E-state index in [1.165, 1.54) is 0 Å². The van der Waals surface area contributed by atoms with Crippen LogP contribution in [0.15, 0.2) is 66.7 Å². The Bertz CT molecular complexity index is 987. The summed E-state index contributed by atoms with van der Waals surface area (Å²) in [6.07, 6.45) is 2.15. The molecule has 0 unspecified atom stereocenters. The molecule has 3 aromatic rings. The van der Waals surface area contributed by atoms with E-state index in [9.17, 15) is 9.59 Å². The van der Waals surface area contributed by atoms with Crippen LogP contribution in [0.1, 0.15) is 23.2 Å². The van der Waals surface area contributed by atoms with Crippen molar-refractivity contribution >= 4 is 34.0 Å². The molecule has 0 atom stereocenters. The molecular formula is C23H23N3O2. The van der Waals surface area contributed by atoms with Crippen molar-refractivity contribution in [3.05, 3.63) is 72.3 Å². The largest absolute Gasteiger partial charge is 0.376 e. The monoisotopic (exact) mass is 373 g/mol. The minimum absolute atomic E-state index is 0.0630. The van der Waals surface area contributed by atoms with E-state index in [2.05, 4.69) is 10.6 Å². The molecule has 1 saturated heterocycles. The zero-order valence-corrected chi connectivity index (χ0v) is 15.7. The molecule has 0 saturated carbocycles. The standard InChI is InChI=1S/C23H23N3O2/c27-22(16-24-21-9-5-7-17-6-1-2-8-20(17)21)25-19-12-10-18(11-13-19)23(28)26-14-3-4-15-26/h1-2,5-13,24H,3-4,14-16H2,(H,25,27).